The summed E-state index contributed by atoms with van der Waals surface area (Å²) < 4.78 is 5.33. The van der Waals surface area contributed by atoms with Crippen molar-refractivity contribution in [3.05, 3.63) is 0 Å². The molecule has 1 heterocycles. The van der Waals surface area contributed by atoms with Crippen LogP contribution in [0.1, 0.15) is 40.0 Å². The van der Waals surface area contributed by atoms with Crippen LogP contribution in [0.25, 0.3) is 0 Å². The van der Waals surface area contributed by atoms with Crippen LogP contribution in [0.3, 0.4) is 0 Å². The largest absolute Gasteiger partial charge is 0.444 e. The standard InChI is InChI=1S/C11H21NO2S/c1-11(2,3)14-10(13)12-7-5-4-6-9(15)8-12/h9,15H,4-8H2,1-3H3. The van der Waals surface area contributed by atoms with Crippen LogP contribution in [-0.2, 0) is 4.74 Å². The molecule has 1 amide bonds. The summed E-state index contributed by atoms with van der Waals surface area (Å²) in [6.45, 7) is 7.17. The first-order chi connectivity index (χ1) is 6.88. The Morgan fingerprint density at radius 2 is 2.07 bits per heavy atom. The molecule has 0 N–H and O–H groups in total. The van der Waals surface area contributed by atoms with Gasteiger partial charge in [0.2, 0.25) is 0 Å². The van der Waals surface area contributed by atoms with Gasteiger partial charge in [0.1, 0.15) is 5.60 Å². The van der Waals surface area contributed by atoms with Crippen LogP contribution < -0.4 is 0 Å². The number of hydrogen-bond donors (Lipinski definition) is 1. The van der Waals surface area contributed by atoms with E-state index in [0.717, 1.165) is 25.8 Å². The molecule has 1 fully saturated rings. The van der Waals surface area contributed by atoms with Crippen molar-refractivity contribution in [2.45, 2.75) is 50.9 Å². The van der Waals surface area contributed by atoms with E-state index in [9.17, 15) is 4.79 Å². The molecule has 0 aromatic heterocycles. The molecule has 1 saturated heterocycles. The molecular formula is C11H21NO2S. The quantitative estimate of drug-likeness (QED) is 0.650. The third-order valence-electron chi connectivity index (χ3n) is 2.30. The minimum absolute atomic E-state index is 0.205. The van der Waals surface area contributed by atoms with Gasteiger partial charge in [0.05, 0.1) is 0 Å². The molecule has 1 rings (SSSR count). The highest BCUT2D eigenvalue weighted by atomic mass is 32.1. The maximum atomic E-state index is 11.8. The normalized spacial score (nSPS) is 23.5. The molecule has 3 nitrogen and oxygen atoms in total. The van der Waals surface area contributed by atoms with Gasteiger partial charge in [-0.25, -0.2) is 4.79 Å². The fourth-order valence-electron chi connectivity index (χ4n) is 1.61. The van der Waals surface area contributed by atoms with Crippen LogP contribution in [0.15, 0.2) is 0 Å². The fourth-order valence-corrected chi connectivity index (χ4v) is 1.99. The van der Waals surface area contributed by atoms with Crippen molar-refractivity contribution in [2.75, 3.05) is 13.1 Å². The highest BCUT2D eigenvalue weighted by Crippen LogP contribution is 2.17. The lowest BCUT2D eigenvalue weighted by Crippen LogP contribution is -2.39. The summed E-state index contributed by atoms with van der Waals surface area (Å²) >= 11 is 4.45. The first-order valence-electron chi connectivity index (χ1n) is 5.54. The van der Waals surface area contributed by atoms with Gasteiger partial charge in [-0.05, 0) is 33.6 Å². The number of hydrogen-bond acceptors (Lipinski definition) is 3. The minimum atomic E-state index is -0.407. The number of thiol groups is 1. The van der Waals surface area contributed by atoms with E-state index < -0.39 is 5.60 Å². The van der Waals surface area contributed by atoms with Crippen LogP contribution in [0, 0.1) is 0 Å². The summed E-state index contributed by atoms with van der Waals surface area (Å²) in [6.07, 6.45) is 3.08. The topological polar surface area (TPSA) is 29.5 Å². The molecule has 4 heteroatoms. The number of carbonyl (C=O) groups is 1. The molecule has 1 aliphatic heterocycles. The number of likely N-dealkylation sites (tertiary alicyclic amines) is 1. The Morgan fingerprint density at radius 1 is 1.40 bits per heavy atom. The summed E-state index contributed by atoms with van der Waals surface area (Å²) in [4.78, 5) is 13.6. The highest BCUT2D eigenvalue weighted by molar-refractivity contribution is 7.81. The summed E-state index contributed by atoms with van der Waals surface area (Å²) in [7, 11) is 0. The lowest BCUT2D eigenvalue weighted by molar-refractivity contribution is 0.0259. The van der Waals surface area contributed by atoms with E-state index in [-0.39, 0.29) is 6.09 Å². The van der Waals surface area contributed by atoms with Crippen molar-refractivity contribution in [3.8, 4) is 0 Å². The lowest BCUT2D eigenvalue weighted by atomic mass is 10.2. The van der Waals surface area contributed by atoms with Crippen LogP contribution in [0.2, 0.25) is 0 Å². The van der Waals surface area contributed by atoms with Gasteiger partial charge in [-0.15, -0.1) is 0 Å². The van der Waals surface area contributed by atoms with E-state index in [1.165, 1.54) is 0 Å². The average molecular weight is 231 g/mol. The van der Waals surface area contributed by atoms with Crippen molar-refractivity contribution in [1.82, 2.24) is 4.90 Å². The Morgan fingerprint density at radius 3 is 2.67 bits per heavy atom. The molecule has 0 aromatic carbocycles. The van der Waals surface area contributed by atoms with Gasteiger partial charge >= 0.3 is 6.09 Å². The van der Waals surface area contributed by atoms with Gasteiger partial charge in [-0.1, -0.05) is 6.42 Å². The number of rotatable bonds is 0. The summed E-state index contributed by atoms with van der Waals surface area (Å²) in [5, 5.41) is 0.292. The summed E-state index contributed by atoms with van der Waals surface area (Å²) in [5.74, 6) is 0. The monoisotopic (exact) mass is 231 g/mol. The predicted molar refractivity (Wildman–Crippen MR) is 64.4 cm³/mol. The van der Waals surface area contributed by atoms with E-state index in [2.05, 4.69) is 12.6 Å². The minimum Gasteiger partial charge on any atom is -0.444 e. The van der Waals surface area contributed by atoms with Gasteiger partial charge in [0.25, 0.3) is 0 Å². The molecule has 0 bridgehead atoms. The molecule has 0 spiro atoms. The van der Waals surface area contributed by atoms with E-state index in [0.29, 0.717) is 11.8 Å². The maximum Gasteiger partial charge on any atom is 0.410 e. The Labute approximate surface area is 97.6 Å². The van der Waals surface area contributed by atoms with E-state index in [1.54, 1.807) is 4.90 Å². The predicted octanol–water partition coefficient (Wildman–Crippen LogP) is 2.71. The first-order valence-corrected chi connectivity index (χ1v) is 6.06. The molecule has 15 heavy (non-hydrogen) atoms. The SMILES string of the molecule is CC(C)(C)OC(=O)N1CCCCC(S)C1. The summed E-state index contributed by atoms with van der Waals surface area (Å²) in [6, 6.07) is 0. The molecule has 1 unspecified atom stereocenters. The Bertz CT molecular complexity index is 225. The second kappa shape index (κ2) is 5.10. The molecule has 1 aliphatic rings. The third kappa shape index (κ3) is 4.78. The van der Waals surface area contributed by atoms with E-state index >= 15 is 0 Å². The lowest BCUT2D eigenvalue weighted by Gasteiger charge is -2.27. The van der Waals surface area contributed by atoms with Crippen LogP contribution in [0.4, 0.5) is 4.79 Å². The van der Waals surface area contributed by atoms with Gasteiger partial charge < -0.3 is 9.64 Å². The van der Waals surface area contributed by atoms with E-state index in [1.807, 2.05) is 20.8 Å². The molecular weight excluding hydrogens is 210 g/mol. The Hall–Kier alpha value is -0.380. The number of amides is 1. The second-order valence-electron chi connectivity index (χ2n) is 5.08. The Kier molecular flexibility index (Phi) is 4.32. The average Bonchev–Trinajstić information content (AvgIpc) is 2.26. The number of carbonyl (C=O) groups excluding carboxylic acids is 1. The second-order valence-corrected chi connectivity index (χ2v) is 5.81. The van der Waals surface area contributed by atoms with Gasteiger partial charge in [0.15, 0.2) is 0 Å². The van der Waals surface area contributed by atoms with Gasteiger partial charge in [-0.2, -0.15) is 12.6 Å². The van der Waals surface area contributed by atoms with E-state index in [4.69, 9.17) is 4.74 Å². The molecule has 0 aliphatic carbocycles. The molecule has 88 valence electrons. The van der Waals surface area contributed by atoms with Crippen molar-refractivity contribution < 1.29 is 9.53 Å². The zero-order valence-electron chi connectivity index (χ0n) is 9.82. The van der Waals surface area contributed by atoms with Crippen LogP contribution in [0.5, 0.6) is 0 Å². The molecule has 1 atom stereocenters. The van der Waals surface area contributed by atoms with Crippen LogP contribution in [-0.4, -0.2) is 34.9 Å². The van der Waals surface area contributed by atoms with Crippen molar-refractivity contribution in [1.29, 1.82) is 0 Å². The van der Waals surface area contributed by atoms with Crippen molar-refractivity contribution >= 4 is 18.7 Å². The van der Waals surface area contributed by atoms with Crippen molar-refractivity contribution in [2.24, 2.45) is 0 Å². The Balaban J connectivity index is 2.50. The van der Waals surface area contributed by atoms with Crippen molar-refractivity contribution in [3.63, 3.8) is 0 Å². The first kappa shape index (κ1) is 12.7. The van der Waals surface area contributed by atoms with Gasteiger partial charge in [0, 0.05) is 18.3 Å². The maximum absolute atomic E-state index is 11.8. The third-order valence-corrected chi connectivity index (χ3v) is 2.72. The summed E-state index contributed by atoms with van der Waals surface area (Å²) in [5.41, 5.74) is -0.407. The fraction of sp³-hybridized carbons (Fsp3) is 0.909. The number of ether oxygens (including phenoxy) is 1. The zero-order valence-corrected chi connectivity index (χ0v) is 10.7. The zero-order chi connectivity index (χ0) is 11.5. The molecule has 0 radical (unpaired) electrons. The number of nitrogens with zero attached hydrogens (tertiary/aromatic N) is 1. The molecule has 0 aromatic rings. The van der Waals surface area contributed by atoms with Gasteiger partial charge in [-0.3, -0.25) is 0 Å². The highest BCUT2D eigenvalue weighted by Gasteiger charge is 2.24. The molecule has 0 saturated carbocycles. The van der Waals surface area contributed by atoms with Crippen LogP contribution >= 0.6 is 12.6 Å². The smallest absolute Gasteiger partial charge is 0.410 e.